The normalized spacial score (nSPS) is 47.5. The molecule has 1 heterocycles. The SMILES string of the molecule is C=C[C@@H]1[C@H]2NC(=O)C[C@H](C)[C@@H]12. The fraction of sp³-hybridized carbons (Fsp3) is 0.667. The van der Waals surface area contributed by atoms with E-state index in [0.29, 0.717) is 30.2 Å². The van der Waals surface area contributed by atoms with E-state index in [1.54, 1.807) is 0 Å². The zero-order valence-corrected chi connectivity index (χ0v) is 6.71. The third kappa shape index (κ3) is 0.889. The molecule has 0 aromatic heterocycles. The molecule has 2 heteroatoms. The standard InChI is InChI=1S/C9H13NO/c1-3-6-8-5(2)4-7(11)10-9(6)8/h3,5-6,8-9H,1,4H2,2H3,(H,10,11)/t5-,6-,8-,9+/m0/s1. The van der Waals surface area contributed by atoms with Gasteiger partial charge in [-0.15, -0.1) is 6.58 Å². The molecule has 0 spiro atoms. The molecule has 1 N–H and O–H groups in total. The fourth-order valence-corrected chi connectivity index (χ4v) is 2.26. The number of hydrogen-bond donors (Lipinski definition) is 1. The molecule has 0 aromatic carbocycles. The van der Waals surface area contributed by atoms with Crippen molar-refractivity contribution in [3.63, 3.8) is 0 Å². The number of carbonyl (C=O) groups is 1. The maximum Gasteiger partial charge on any atom is 0.220 e. The van der Waals surface area contributed by atoms with Crippen LogP contribution in [-0.2, 0) is 4.79 Å². The summed E-state index contributed by atoms with van der Waals surface area (Å²) in [6, 6.07) is 0.420. The maximum atomic E-state index is 11.0. The second kappa shape index (κ2) is 2.10. The number of piperidine rings is 1. The van der Waals surface area contributed by atoms with Crippen LogP contribution in [0.15, 0.2) is 12.7 Å². The van der Waals surface area contributed by atoms with Gasteiger partial charge in [0.2, 0.25) is 5.91 Å². The minimum atomic E-state index is 0.211. The molecule has 1 saturated heterocycles. The molecule has 2 aliphatic rings. The Balaban J connectivity index is 2.10. The van der Waals surface area contributed by atoms with Gasteiger partial charge in [0.25, 0.3) is 0 Å². The van der Waals surface area contributed by atoms with Gasteiger partial charge < -0.3 is 5.32 Å². The van der Waals surface area contributed by atoms with E-state index in [4.69, 9.17) is 0 Å². The maximum absolute atomic E-state index is 11.0. The third-order valence-electron chi connectivity index (χ3n) is 2.90. The van der Waals surface area contributed by atoms with E-state index in [2.05, 4.69) is 18.8 Å². The Morgan fingerprint density at radius 1 is 1.73 bits per heavy atom. The van der Waals surface area contributed by atoms with Gasteiger partial charge in [-0.2, -0.15) is 0 Å². The van der Waals surface area contributed by atoms with Gasteiger partial charge in [0.15, 0.2) is 0 Å². The van der Waals surface area contributed by atoms with Gasteiger partial charge in [-0.25, -0.2) is 0 Å². The molecule has 1 aliphatic carbocycles. The Kier molecular flexibility index (Phi) is 1.31. The van der Waals surface area contributed by atoms with Crippen molar-refractivity contribution in [2.24, 2.45) is 17.8 Å². The summed E-state index contributed by atoms with van der Waals surface area (Å²) in [6.45, 7) is 5.91. The summed E-state index contributed by atoms with van der Waals surface area (Å²) in [5, 5.41) is 2.97. The predicted octanol–water partition coefficient (Wildman–Crippen LogP) is 0.943. The van der Waals surface area contributed by atoms with Crippen molar-refractivity contribution in [1.29, 1.82) is 0 Å². The van der Waals surface area contributed by atoms with E-state index in [-0.39, 0.29) is 5.91 Å². The zero-order valence-electron chi connectivity index (χ0n) is 6.71. The first-order valence-electron chi connectivity index (χ1n) is 4.16. The van der Waals surface area contributed by atoms with Crippen LogP contribution in [-0.4, -0.2) is 11.9 Å². The predicted molar refractivity (Wildman–Crippen MR) is 42.9 cm³/mol. The molecule has 2 rings (SSSR count). The van der Waals surface area contributed by atoms with E-state index >= 15 is 0 Å². The summed E-state index contributed by atoms with van der Waals surface area (Å²) in [7, 11) is 0. The van der Waals surface area contributed by atoms with Gasteiger partial charge >= 0.3 is 0 Å². The van der Waals surface area contributed by atoms with Gasteiger partial charge in [0.1, 0.15) is 0 Å². The molecule has 1 aliphatic heterocycles. The Hall–Kier alpha value is -0.790. The molecule has 1 amide bonds. The molecule has 2 fully saturated rings. The average Bonchev–Trinajstić information content (AvgIpc) is 2.61. The largest absolute Gasteiger partial charge is 0.352 e. The lowest BCUT2D eigenvalue weighted by molar-refractivity contribution is -0.123. The first-order chi connectivity index (χ1) is 5.24. The number of carbonyl (C=O) groups excluding carboxylic acids is 1. The van der Waals surface area contributed by atoms with Crippen LogP contribution in [0.25, 0.3) is 0 Å². The van der Waals surface area contributed by atoms with Crippen LogP contribution >= 0.6 is 0 Å². The highest BCUT2D eigenvalue weighted by Crippen LogP contribution is 2.48. The monoisotopic (exact) mass is 151 g/mol. The van der Waals surface area contributed by atoms with Crippen LogP contribution in [0.1, 0.15) is 13.3 Å². The summed E-state index contributed by atoms with van der Waals surface area (Å²) < 4.78 is 0. The summed E-state index contributed by atoms with van der Waals surface area (Å²) in [4.78, 5) is 11.0. The summed E-state index contributed by atoms with van der Waals surface area (Å²) in [6.07, 6.45) is 2.67. The molecule has 2 nitrogen and oxygen atoms in total. The van der Waals surface area contributed by atoms with Crippen molar-refractivity contribution >= 4 is 5.91 Å². The van der Waals surface area contributed by atoms with Crippen LogP contribution < -0.4 is 5.32 Å². The topological polar surface area (TPSA) is 29.1 Å². The molecule has 0 bridgehead atoms. The third-order valence-corrected chi connectivity index (χ3v) is 2.90. The lowest BCUT2D eigenvalue weighted by Gasteiger charge is -2.16. The first kappa shape index (κ1) is 6.89. The van der Waals surface area contributed by atoms with Crippen molar-refractivity contribution in [1.82, 2.24) is 5.32 Å². The second-order valence-corrected chi connectivity index (χ2v) is 3.67. The Morgan fingerprint density at radius 2 is 2.45 bits per heavy atom. The summed E-state index contributed by atoms with van der Waals surface area (Å²) >= 11 is 0. The number of rotatable bonds is 1. The highest BCUT2D eigenvalue weighted by atomic mass is 16.1. The van der Waals surface area contributed by atoms with E-state index in [0.717, 1.165) is 0 Å². The summed E-state index contributed by atoms with van der Waals surface area (Å²) in [5.74, 6) is 2.00. The molecule has 0 aromatic rings. The fourth-order valence-electron chi connectivity index (χ4n) is 2.26. The molecule has 60 valence electrons. The van der Waals surface area contributed by atoms with Gasteiger partial charge in [-0.3, -0.25) is 4.79 Å². The highest BCUT2D eigenvalue weighted by Gasteiger charge is 2.54. The Bertz CT molecular complexity index is 212. The molecule has 0 unspecified atom stereocenters. The Labute approximate surface area is 66.7 Å². The first-order valence-corrected chi connectivity index (χ1v) is 4.16. The van der Waals surface area contributed by atoms with E-state index in [1.807, 2.05) is 6.08 Å². The van der Waals surface area contributed by atoms with Gasteiger partial charge in [0.05, 0.1) is 0 Å². The van der Waals surface area contributed by atoms with Crippen molar-refractivity contribution in [3.8, 4) is 0 Å². The molecule has 0 radical (unpaired) electrons. The highest BCUT2D eigenvalue weighted by molar-refractivity contribution is 5.78. The lowest BCUT2D eigenvalue weighted by Crippen LogP contribution is -2.34. The van der Waals surface area contributed by atoms with Crippen molar-refractivity contribution in [2.45, 2.75) is 19.4 Å². The molecule has 4 atom stereocenters. The van der Waals surface area contributed by atoms with E-state index in [9.17, 15) is 4.79 Å². The number of fused-ring (bicyclic) bond motifs is 1. The van der Waals surface area contributed by atoms with Crippen molar-refractivity contribution < 1.29 is 4.79 Å². The van der Waals surface area contributed by atoms with Crippen molar-refractivity contribution in [2.75, 3.05) is 0 Å². The average molecular weight is 151 g/mol. The molecular formula is C9H13NO. The minimum absolute atomic E-state index is 0.211. The lowest BCUT2D eigenvalue weighted by atomic mass is 9.98. The zero-order chi connectivity index (χ0) is 8.01. The van der Waals surface area contributed by atoms with Gasteiger partial charge in [0, 0.05) is 18.4 Å². The van der Waals surface area contributed by atoms with Crippen LogP contribution in [0.4, 0.5) is 0 Å². The van der Waals surface area contributed by atoms with E-state index < -0.39 is 0 Å². The number of nitrogens with one attached hydrogen (secondary N) is 1. The van der Waals surface area contributed by atoms with Gasteiger partial charge in [-0.1, -0.05) is 13.0 Å². The van der Waals surface area contributed by atoms with Crippen molar-refractivity contribution in [3.05, 3.63) is 12.7 Å². The van der Waals surface area contributed by atoms with Gasteiger partial charge in [-0.05, 0) is 11.8 Å². The van der Waals surface area contributed by atoms with E-state index in [1.165, 1.54) is 0 Å². The Morgan fingerprint density at radius 3 is 3.09 bits per heavy atom. The van der Waals surface area contributed by atoms with Crippen LogP contribution in [0.2, 0.25) is 0 Å². The van der Waals surface area contributed by atoms with Crippen LogP contribution in [0.5, 0.6) is 0 Å². The summed E-state index contributed by atoms with van der Waals surface area (Å²) in [5.41, 5.74) is 0. The smallest absolute Gasteiger partial charge is 0.220 e. The number of amides is 1. The van der Waals surface area contributed by atoms with Crippen LogP contribution in [0, 0.1) is 17.8 Å². The minimum Gasteiger partial charge on any atom is -0.352 e. The van der Waals surface area contributed by atoms with Crippen LogP contribution in [0.3, 0.4) is 0 Å². The second-order valence-electron chi connectivity index (χ2n) is 3.67. The quantitative estimate of drug-likeness (QED) is 0.555. The number of hydrogen-bond acceptors (Lipinski definition) is 1. The molecular weight excluding hydrogens is 138 g/mol. The molecule has 1 saturated carbocycles. The molecule has 11 heavy (non-hydrogen) atoms.